The summed E-state index contributed by atoms with van der Waals surface area (Å²) in [4.78, 5) is 4.86. The number of fused-ring (bicyclic) bond motifs is 1. The van der Waals surface area contributed by atoms with Gasteiger partial charge in [-0.3, -0.25) is 0 Å². The van der Waals surface area contributed by atoms with Crippen LogP contribution < -0.4 is 5.73 Å². The topological polar surface area (TPSA) is 43.8 Å². The van der Waals surface area contributed by atoms with E-state index in [0.29, 0.717) is 12.0 Å². The lowest BCUT2D eigenvalue weighted by Gasteiger charge is -2.27. The third-order valence-electron chi connectivity index (χ3n) is 5.05. The molecule has 2 aliphatic rings. The second-order valence-electron chi connectivity index (χ2n) is 6.63. The standard InChI is InChI=1S/C17H22ClN3/c18-12-6-9-15-14(10-12)20-17(21(15)13-7-8-13)16(19)11-4-2-1-3-5-11/h6,9-11,13,16H,1-5,7-8,19H2. The van der Waals surface area contributed by atoms with Gasteiger partial charge in [-0.1, -0.05) is 30.9 Å². The van der Waals surface area contributed by atoms with E-state index in [1.165, 1.54) is 50.5 Å². The van der Waals surface area contributed by atoms with E-state index in [9.17, 15) is 0 Å². The zero-order valence-electron chi connectivity index (χ0n) is 12.3. The summed E-state index contributed by atoms with van der Waals surface area (Å²) in [7, 11) is 0. The van der Waals surface area contributed by atoms with E-state index >= 15 is 0 Å². The van der Waals surface area contributed by atoms with Crippen molar-refractivity contribution in [2.75, 3.05) is 0 Å². The summed E-state index contributed by atoms with van der Waals surface area (Å²) in [6.07, 6.45) is 8.97. The van der Waals surface area contributed by atoms with E-state index < -0.39 is 0 Å². The van der Waals surface area contributed by atoms with E-state index in [-0.39, 0.29) is 6.04 Å². The Labute approximate surface area is 130 Å². The predicted molar refractivity (Wildman–Crippen MR) is 86.5 cm³/mol. The van der Waals surface area contributed by atoms with Gasteiger partial charge in [0.15, 0.2) is 0 Å². The van der Waals surface area contributed by atoms with E-state index in [2.05, 4.69) is 10.6 Å². The summed E-state index contributed by atoms with van der Waals surface area (Å²) in [5.74, 6) is 1.67. The van der Waals surface area contributed by atoms with Gasteiger partial charge in [-0.25, -0.2) is 4.98 Å². The lowest BCUT2D eigenvalue weighted by molar-refractivity contribution is 0.296. The fourth-order valence-electron chi connectivity index (χ4n) is 3.75. The Morgan fingerprint density at radius 1 is 1.14 bits per heavy atom. The van der Waals surface area contributed by atoms with Crippen LogP contribution in [0.3, 0.4) is 0 Å². The number of nitrogens with zero attached hydrogens (tertiary/aromatic N) is 2. The van der Waals surface area contributed by atoms with Gasteiger partial charge in [0.2, 0.25) is 0 Å². The average molecular weight is 304 g/mol. The van der Waals surface area contributed by atoms with Crippen molar-refractivity contribution < 1.29 is 0 Å². The largest absolute Gasteiger partial charge is 0.324 e. The van der Waals surface area contributed by atoms with Gasteiger partial charge in [-0.15, -0.1) is 0 Å². The zero-order valence-corrected chi connectivity index (χ0v) is 13.0. The van der Waals surface area contributed by atoms with E-state index in [1.54, 1.807) is 0 Å². The van der Waals surface area contributed by atoms with Crippen molar-refractivity contribution in [3.63, 3.8) is 0 Å². The van der Waals surface area contributed by atoms with Crippen LogP contribution in [0.25, 0.3) is 11.0 Å². The highest BCUT2D eigenvalue weighted by Gasteiger charge is 2.33. The molecule has 0 bridgehead atoms. The number of rotatable bonds is 3. The Morgan fingerprint density at radius 2 is 1.90 bits per heavy atom. The molecule has 3 nitrogen and oxygen atoms in total. The lowest BCUT2D eigenvalue weighted by atomic mass is 9.84. The minimum absolute atomic E-state index is 0.0667. The molecule has 2 saturated carbocycles. The highest BCUT2D eigenvalue weighted by Crippen LogP contribution is 2.42. The van der Waals surface area contributed by atoms with Gasteiger partial charge in [0, 0.05) is 11.1 Å². The van der Waals surface area contributed by atoms with Crippen LogP contribution in [0, 0.1) is 5.92 Å². The van der Waals surface area contributed by atoms with Crippen molar-refractivity contribution in [3.8, 4) is 0 Å². The van der Waals surface area contributed by atoms with Crippen molar-refractivity contribution in [2.24, 2.45) is 11.7 Å². The van der Waals surface area contributed by atoms with Crippen LogP contribution in [0.15, 0.2) is 18.2 Å². The molecule has 0 amide bonds. The van der Waals surface area contributed by atoms with Gasteiger partial charge in [0.1, 0.15) is 5.82 Å². The Balaban J connectivity index is 1.77. The zero-order chi connectivity index (χ0) is 14.4. The van der Waals surface area contributed by atoms with Gasteiger partial charge in [0.05, 0.1) is 17.1 Å². The highest BCUT2D eigenvalue weighted by molar-refractivity contribution is 6.31. The van der Waals surface area contributed by atoms with Gasteiger partial charge in [0.25, 0.3) is 0 Å². The maximum atomic E-state index is 6.62. The Bertz CT molecular complexity index is 653. The molecule has 0 radical (unpaired) electrons. The van der Waals surface area contributed by atoms with Crippen LogP contribution in [-0.2, 0) is 0 Å². The monoisotopic (exact) mass is 303 g/mol. The number of benzene rings is 1. The third kappa shape index (κ3) is 2.47. The van der Waals surface area contributed by atoms with Crippen molar-refractivity contribution in [1.29, 1.82) is 0 Å². The number of hydrogen-bond donors (Lipinski definition) is 1. The molecule has 4 rings (SSSR count). The predicted octanol–water partition coefficient (Wildman–Crippen LogP) is 4.60. The summed E-state index contributed by atoms with van der Waals surface area (Å²) < 4.78 is 2.39. The van der Waals surface area contributed by atoms with Gasteiger partial charge in [-0.05, 0) is 49.8 Å². The molecule has 2 N–H and O–H groups in total. The minimum atomic E-state index is 0.0667. The maximum Gasteiger partial charge on any atom is 0.127 e. The molecule has 2 aromatic rings. The molecule has 1 aromatic heterocycles. The maximum absolute atomic E-state index is 6.62. The number of halogens is 1. The molecule has 2 fully saturated rings. The summed E-state index contributed by atoms with van der Waals surface area (Å²) in [6.45, 7) is 0. The van der Waals surface area contributed by atoms with Crippen molar-refractivity contribution >= 4 is 22.6 Å². The second kappa shape index (κ2) is 5.29. The van der Waals surface area contributed by atoms with Crippen LogP contribution in [0.5, 0.6) is 0 Å². The SMILES string of the molecule is NC(c1nc2cc(Cl)ccc2n1C1CC1)C1CCCCC1. The molecule has 1 aromatic carbocycles. The minimum Gasteiger partial charge on any atom is -0.324 e. The summed E-state index contributed by atoms with van der Waals surface area (Å²) in [5.41, 5.74) is 8.82. The molecule has 0 saturated heterocycles. The first-order valence-electron chi connectivity index (χ1n) is 8.17. The summed E-state index contributed by atoms with van der Waals surface area (Å²) in [5, 5.41) is 0.751. The summed E-state index contributed by atoms with van der Waals surface area (Å²) in [6, 6.07) is 6.69. The smallest absolute Gasteiger partial charge is 0.127 e. The molecule has 4 heteroatoms. The van der Waals surface area contributed by atoms with Crippen LogP contribution in [0.2, 0.25) is 5.02 Å². The molecule has 1 heterocycles. The van der Waals surface area contributed by atoms with Crippen molar-refractivity contribution in [3.05, 3.63) is 29.0 Å². The molecule has 1 unspecified atom stereocenters. The fourth-order valence-corrected chi connectivity index (χ4v) is 3.91. The van der Waals surface area contributed by atoms with E-state index in [1.807, 2.05) is 12.1 Å². The van der Waals surface area contributed by atoms with Crippen LogP contribution >= 0.6 is 11.6 Å². The van der Waals surface area contributed by atoms with Crippen molar-refractivity contribution in [1.82, 2.24) is 9.55 Å². The number of imidazole rings is 1. The molecule has 112 valence electrons. The Morgan fingerprint density at radius 3 is 2.62 bits per heavy atom. The van der Waals surface area contributed by atoms with Crippen molar-refractivity contribution in [2.45, 2.75) is 57.0 Å². The van der Waals surface area contributed by atoms with E-state index in [4.69, 9.17) is 22.3 Å². The molecule has 2 aliphatic carbocycles. The normalized spacial score (nSPS) is 21.8. The highest BCUT2D eigenvalue weighted by atomic mass is 35.5. The molecular formula is C17H22ClN3. The first-order chi connectivity index (χ1) is 10.2. The number of nitrogens with two attached hydrogens (primary N) is 1. The molecule has 0 aliphatic heterocycles. The Hall–Kier alpha value is -1.06. The molecular weight excluding hydrogens is 282 g/mol. The van der Waals surface area contributed by atoms with E-state index in [0.717, 1.165) is 16.4 Å². The third-order valence-corrected chi connectivity index (χ3v) is 5.28. The van der Waals surface area contributed by atoms with Crippen LogP contribution in [0.1, 0.15) is 62.9 Å². The van der Waals surface area contributed by atoms with Gasteiger partial charge < -0.3 is 10.3 Å². The van der Waals surface area contributed by atoms with Crippen LogP contribution in [0.4, 0.5) is 0 Å². The Kier molecular flexibility index (Phi) is 3.43. The average Bonchev–Trinajstić information content (AvgIpc) is 3.28. The van der Waals surface area contributed by atoms with Crippen LogP contribution in [-0.4, -0.2) is 9.55 Å². The molecule has 1 atom stereocenters. The lowest BCUT2D eigenvalue weighted by Crippen LogP contribution is -2.26. The number of hydrogen-bond acceptors (Lipinski definition) is 2. The molecule has 21 heavy (non-hydrogen) atoms. The fraction of sp³-hybridized carbons (Fsp3) is 0.588. The van der Waals surface area contributed by atoms with Gasteiger partial charge >= 0.3 is 0 Å². The number of aromatic nitrogens is 2. The summed E-state index contributed by atoms with van der Waals surface area (Å²) >= 11 is 6.12. The van der Waals surface area contributed by atoms with Gasteiger partial charge in [-0.2, -0.15) is 0 Å². The molecule has 0 spiro atoms. The second-order valence-corrected chi connectivity index (χ2v) is 7.06. The first-order valence-corrected chi connectivity index (χ1v) is 8.55. The first kappa shape index (κ1) is 13.6. The quantitative estimate of drug-likeness (QED) is 0.900.